The Morgan fingerprint density at radius 1 is 1.23 bits per heavy atom. The third-order valence-electron chi connectivity index (χ3n) is 4.73. The van der Waals surface area contributed by atoms with E-state index in [0.717, 1.165) is 18.4 Å². The summed E-state index contributed by atoms with van der Waals surface area (Å²) in [5, 5.41) is 18.8. The molecule has 26 heavy (non-hydrogen) atoms. The van der Waals surface area contributed by atoms with Gasteiger partial charge in [0, 0.05) is 12.7 Å². The van der Waals surface area contributed by atoms with Crippen LogP contribution in [0, 0.1) is 5.92 Å². The number of carbonyl (C=O) groups is 2. The van der Waals surface area contributed by atoms with Crippen LogP contribution < -0.4 is 10.6 Å². The lowest BCUT2D eigenvalue weighted by atomic mass is 10.0. The molecule has 138 valence electrons. The minimum Gasteiger partial charge on any atom is -0.396 e. The van der Waals surface area contributed by atoms with Crippen molar-refractivity contribution >= 4 is 17.6 Å². The van der Waals surface area contributed by atoms with Crippen molar-refractivity contribution in [2.24, 2.45) is 5.92 Å². The Labute approximate surface area is 152 Å². The number of hydrogen-bond acceptors (Lipinski definition) is 4. The zero-order valence-corrected chi connectivity index (χ0v) is 14.8. The van der Waals surface area contributed by atoms with E-state index in [0.29, 0.717) is 18.2 Å². The molecule has 0 spiro atoms. The van der Waals surface area contributed by atoms with E-state index in [9.17, 15) is 14.7 Å². The van der Waals surface area contributed by atoms with Crippen LogP contribution in [0.15, 0.2) is 42.6 Å². The molecule has 2 atom stereocenters. The molecule has 1 aromatic heterocycles. The van der Waals surface area contributed by atoms with Gasteiger partial charge in [-0.05, 0) is 37.7 Å². The Kier molecular flexibility index (Phi) is 5.68. The van der Waals surface area contributed by atoms with Crippen molar-refractivity contribution in [3.8, 4) is 0 Å². The van der Waals surface area contributed by atoms with Crippen molar-refractivity contribution in [2.45, 2.75) is 38.3 Å². The fraction of sp³-hybridized carbons (Fsp3) is 0.421. The Bertz CT molecular complexity index is 755. The molecule has 2 amide bonds. The molecule has 7 nitrogen and oxygen atoms in total. The quantitative estimate of drug-likeness (QED) is 0.662. The highest BCUT2D eigenvalue weighted by Gasteiger charge is 2.31. The summed E-state index contributed by atoms with van der Waals surface area (Å²) < 4.78 is 1.76. The Morgan fingerprint density at radius 2 is 1.96 bits per heavy atom. The second kappa shape index (κ2) is 8.14. The van der Waals surface area contributed by atoms with Gasteiger partial charge in [-0.25, -0.2) is 4.68 Å². The number of rotatable bonds is 7. The standard InChI is InChI=1S/C19H24N4O3/c1-13(14-7-8-14)23-17(9-11-20-23)22-19(26)18(25)21-16(10-12-24)15-5-3-2-4-6-15/h2-6,9,11,13-14,16,24H,7-8,10,12H2,1H3,(H,21,25)(H,22,26)/t13-,16-/m1/s1. The van der Waals surface area contributed by atoms with Crippen LogP contribution in [0.1, 0.15) is 43.8 Å². The number of aliphatic hydroxyl groups is 1. The first-order chi connectivity index (χ1) is 12.6. The molecule has 0 radical (unpaired) electrons. The highest BCUT2D eigenvalue weighted by Crippen LogP contribution is 2.40. The number of amides is 2. The molecular formula is C19H24N4O3. The number of aromatic nitrogens is 2. The fourth-order valence-corrected chi connectivity index (χ4v) is 3.05. The minimum atomic E-state index is -0.742. The monoisotopic (exact) mass is 356 g/mol. The number of benzene rings is 1. The predicted octanol–water partition coefficient (Wildman–Crippen LogP) is 2.03. The molecule has 1 aliphatic rings. The van der Waals surface area contributed by atoms with E-state index in [1.807, 2.05) is 30.3 Å². The zero-order valence-electron chi connectivity index (χ0n) is 14.8. The van der Waals surface area contributed by atoms with Gasteiger partial charge in [0.2, 0.25) is 0 Å². The number of nitrogens with one attached hydrogen (secondary N) is 2. The average molecular weight is 356 g/mol. The maximum absolute atomic E-state index is 12.3. The van der Waals surface area contributed by atoms with Gasteiger partial charge in [0.1, 0.15) is 5.82 Å². The number of carbonyl (C=O) groups excluding carboxylic acids is 2. The molecule has 1 fully saturated rings. The number of aliphatic hydroxyl groups excluding tert-OH is 1. The molecule has 2 aromatic rings. The van der Waals surface area contributed by atoms with E-state index in [1.165, 1.54) is 0 Å². The highest BCUT2D eigenvalue weighted by atomic mass is 16.3. The van der Waals surface area contributed by atoms with Crippen molar-refractivity contribution in [2.75, 3.05) is 11.9 Å². The van der Waals surface area contributed by atoms with Gasteiger partial charge in [-0.1, -0.05) is 30.3 Å². The fourth-order valence-electron chi connectivity index (χ4n) is 3.05. The van der Waals surface area contributed by atoms with Gasteiger partial charge in [0.05, 0.1) is 18.3 Å². The first-order valence-corrected chi connectivity index (χ1v) is 8.91. The predicted molar refractivity (Wildman–Crippen MR) is 97.3 cm³/mol. The molecule has 3 rings (SSSR count). The molecule has 0 aliphatic heterocycles. The van der Waals surface area contributed by atoms with Gasteiger partial charge >= 0.3 is 11.8 Å². The smallest absolute Gasteiger partial charge is 0.314 e. The SMILES string of the molecule is C[C@H](C1CC1)n1nccc1NC(=O)C(=O)N[C@H](CCO)c1ccccc1. The van der Waals surface area contributed by atoms with Gasteiger partial charge in [-0.2, -0.15) is 5.10 Å². The van der Waals surface area contributed by atoms with E-state index < -0.39 is 17.9 Å². The van der Waals surface area contributed by atoms with Gasteiger partial charge in [-0.15, -0.1) is 0 Å². The normalized spacial score (nSPS) is 15.9. The number of hydrogen-bond donors (Lipinski definition) is 3. The minimum absolute atomic E-state index is 0.0901. The van der Waals surface area contributed by atoms with Crippen LogP contribution >= 0.6 is 0 Å². The first kappa shape index (κ1) is 18.1. The maximum Gasteiger partial charge on any atom is 0.314 e. The van der Waals surface area contributed by atoms with Crippen LogP contribution in [-0.4, -0.2) is 33.3 Å². The summed E-state index contributed by atoms with van der Waals surface area (Å²) in [6.45, 7) is 1.97. The third kappa shape index (κ3) is 4.29. The molecule has 1 heterocycles. The van der Waals surface area contributed by atoms with Crippen LogP contribution in [0.2, 0.25) is 0 Å². The number of anilines is 1. The summed E-state index contributed by atoms with van der Waals surface area (Å²) in [5.74, 6) is -0.387. The van der Waals surface area contributed by atoms with Gasteiger partial charge in [-0.3, -0.25) is 9.59 Å². The summed E-state index contributed by atoms with van der Waals surface area (Å²) in [6, 6.07) is 10.7. The van der Waals surface area contributed by atoms with Crippen LogP contribution in [0.3, 0.4) is 0 Å². The van der Waals surface area contributed by atoms with E-state index in [-0.39, 0.29) is 12.6 Å². The summed E-state index contributed by atoms with van der Waals surface area (Å²) in [7, 11) is 0. The molecule has 1 saturated carbocycles. The molecule has 3 N–H and O–H groups in total. The van der Waals surface area contributed by atoms with Gasteiger partial charge < -0.3 is 15.7 Å². The van der Waals surface area contributed by atoms with Crippen LogP contribution in [0.25, 0.3) is 0 Å². The lowest BCUT2D eigenvalue weighted by molar-refractivity contribution is -0.136. The second-order valence-electron chi connectivity index (χ2n) is 6.64. The molecule has 0 unspecified atom stereocenters. The molecular weight excluding hydrogens is 332 g/mol. The van der Waals surface area contributed by atoms with E-state index in [1.54, 1.807) is 16.9 Å². The molecule has 0 bridgehead atoms. The lowest BCUT2D eigenvalue weighted by Gasteiger charge is -2.19. The molecule has 1 aliphatic carbocycles. The van der Waals surface area contributed by atoms with Crippen molar-refractivity contribution in [1.82, 2.24) is 15.1 Å². The summed E-state index contributed by atoms with van der Waals surface area (Å²) >= 11 is 0. The Hall–Kier alpha value is -2.67. The van der Waals surface area contributed by atoms with E-state index in [2.05, 4.69) is 22.7 Å². The van der Waals surface area contributed by atoms with Gasteiger partial charge in [0.15, 0.2) is 0 Å². The van der Waals surface area contributed by atoms with Crippen molar-refractivity contribution in [3.63, 3.8) is 0 Å². The second-order valence-corrected chi connectivity index (χ2v) is 6.64. The maximum atomic E-state index is 12.3. The number of nitrogens with zero attached hydrogens (tertiary/aromatic N) is 2. The topological polar surface area (TPSA) is 96.2 Å². The van der Waals surface area contributed by atoms with Crippen molar-refractivity contribution in [3.05, 3.63) is 48.2 Å². The van der Waals surface area contributed by atoms with E-state index >= 15 is 0 Å². The summed E-state index contributed by atoms with van der Waals surface area (Å²) in [4.78, 5) is 24.6. The van der Waals surface area contributed by atoms with Crippen molar-refractivity contribution < 1.29 is 14.7 Å². The van der Waals surface area contributed by atoms with Gasteiger partial charge in [0.25, 0.3) is 0 Å². The molecule has 1 aromatic carbocycles. The first-order valence-electron chi connectivity index (χ1n) is 8.91. The van der Waals surface area contributed by atoms with Crippen LogP contribution in [-0.2, 0) is 9.59 Å². The Balaban J connectivity index is 1.64. The van der Waals surface area contributed by atoms with E-state index in [4.69, 9.17) is 0 Å². The highest BCUT2D eigenvalue weighted by molar-refractivity contribution is 6.39. The largest absolute Gasteiger partial charge is 0.396 e. The van der Waals surface area contributed by atoms with Crippen LogP contribution in [0.4, 0.5) is 5.82 Å². The van der Waals surface area contributed by atoms with Crippen molar-refractivity contribution in [1.29, 1.82) is 0 Å². The zero-order chi connectivity index (χ0) is 18.5. The van der Waals surface area contributed by atoms with Crippen LogP contribution in [0.5, 0.6) is 0 Å². The Morgan fingerprint density at radius 3 is 2.62 bits per heavy atom. The average Bonchev–Trinajstić information content (AvgIpc) is 3.41. The molecule has 7 heteroatoms. The summed E-state index contributed by atoms with van der Waals surface area (Å²) in [6.07, 6.45) is 4.27. The third-order valence-corrected chi connectivity index (χ3v) is 4.73. The lowest BCUT2D eigenvalue weighted by Crippen LogP contribution is -2.38. The molecule has 0 saturated heterocycles. The summed E-state index contributed by atoms with van der Waals surface area (Å²) in [5.41, 5.74) is 0.843.